The molecule has 0 unspecified atom stereocenters. The molecular weight excluding hydrogens is 369 g/mol. The fourth-order valence-electron chi connectivity index (χ4n) is 3.02. The number of halogens is 3. The van der Waals surface area contributed by atoms with E-state index < -0.39 is 11.9 Å². The van der Waals surface area contributed by atoms with E-state index in [1.54, 1.807) is 50.6 Å². The Kier molecular flexibility index (Phi) is 5.22. The average Bonchev–Trinajstić information content (AvgIpc) is 2.97. The fraction of sp³-hybridized carbons (Fsp3) is 0.250. The van der Waals surface area contributed by atoms with E-state index in [4.69, 9.17) is 0 Å². The van der Waals surface area contributed by atoms with Gasteiger partial charge < -0.3 is 4.90 Å². The molecule has 0 fully saturated rings. The van der Waals surface area contributed by atoms with Crippen LogP contribution in [0.5, 0.6) is 0 Å². The summed E-state index contributed by atoms with van der Waals surface area (Å²) in [5, 5.41) is 3.61. The SMILES string of the molecule is Cc1c(-c2cccc(C(=O)N(C)Cc3cccnc3)c2)c(C(F)(F)F)nn1C. The summed E-state index contributed by atoms with van der Waals surface area (Å²) in [6.45, 7) is 1.91. The van der Waals surface area contributed by atoms with Gasteiger partial charge in [0.25, 0.3) is 5.91 Å². The van der Waals surface area contributed by atoms with Crippen molar-refractivity contribution in [3.63, 3.8) is 0 Å². The summed E-state index contributed by atoms with van der Waals surface area (Å²) in [4.78, 5) is 18.3. The van der Waals surface area contributed by atoms with Crippen LogP contribution in [0, 0.1) is 6.92 Å². The summed E-state index contributed by atoms with van der Waals surface area (Å²) in [5.41, 5.74) is 0.872. The quantitative estimate of drug-likeness (QED) is 0.677. The number of aromatic nitrogens is 3. The Morgan fingerprint density at radius 1 is 1.21 bits per heavy atom. The Balaban J connectivity index is 1.94. The Bertz CT molecular complexity index is 996. The largest absolute Gasteiger partial charge is 0.435 e. The number of hydrogen-bond donors (Lipinski definition) is 0. The van der Waals surface area contributed by atoms with Crippen LogP contribution in [0.4, 0.5) is 13.2 Å². The number of aryl methyl sites for hydroxylation is 1. The number of benzene rings is 1. The highest BCUT2D eigenvalue weighted by atomic mass is 19.4. The molecule has 28 heavy (non-hydrogen) atoms. The number of alkyl halides is 3. The number of amides is 1. The zero-order valence-electron chi connectivity index (χ0n) is 15.7. The number of carbonyl (C=O) groups is 1. The average molecular weight is 388 g/mol. The van der Waals surface area contributed by atoms with Crippen molar-refractivity contribution in [3.05, 3.63) is 71.3 Å². The normalized spacial score (nSPS) is 11.5. The minimum atomic E-state index is -4.58. The van der Waals surface area contributed by atoms with E-state index in [2.05, 4.69) is 10.1 Å². The topological polar surface area (TPSA) is 51.0 Å². The third kappa shape index (κ3) is 3.90. The highest BCUT2D eigenvalue weighted by molar-refractivity contribution is 5.95. The number of nitrogens with zero attached hydrogens (tertiary/aromatic N) is 4. The molecule has 0 radical (unpaired) electrons. The first kappa shape index (κ1) is 19.6. The Labute approximate surface area is 160 Å². The van der Waals surface area contributed by atoms with Crippen LogP contribution in [0.2, 0.25) is 0 Å². The monoisotopic (exact) mass is 388 g/mol. The highest BCUT2D eigenvalue weighted by Gasteiger charge is 2.38. The van der Waals surface area contributed by atoms with Gasteiger partial charge in [-0.15, -0.1) is 0 Å². The summed E-state index contributed by atoms with van der Waals surface area (Å²) < 4.78 is 41.4. The van der Waals surface area contributed by atoms with E-state index in [0.29, 0.717) is 23.4 Å². The fourth-order valence-corrected chi connectivity index (χ4v) is 3.02. The predicted molar refractivity (Wildman–Crippen MR) is 98.4 cm³/mol. The summed E-state index contributed by atoms with van der Waals surface area (Å²) in [6, 6.07) is 9.82. The molecule has 2 heterocycles. The van der Waals surface area contributed by atoms with Gasteiger partial charge in [0, 0.05) is 49.9 Å². The van der Waals surface area contributed by atoms with E-state index in [1.165, 1.54) is 22.7 Å². The van der Waals surface area contributed by atoms with E-state index in [-0.39, 0.29) is 11.5 Å². The summed E-state index contributed by atoms with van der Waals surface area (Å²) in [5.74, 6) is -0.291. The second kappa shape index (κ2) is 7.46. The molecule has 0 spiro atoms. The number of carbonyl (C=O) groups excluding carboxylic acids is 1. The first-order valence-electron chi connectivity index (χ1n) is 8.54. The van der Waals surface area contributed by atoms with Gasteiger partial charge in [-0.05, 0) is 36.2 Å². The van der Waals surface area contributed by atoms with Crippen molar-refractivity contribution < 1.29 is 18.0 Å². The van der Waals surface area contributed by atoms with Gasteiger partial charge in [0.05, 0.1) is 0 Å². The van der Waals surface area contributed by atoms with Gasteiger partial charge in [-0.2, -0.15) is 18.3 Å². The van der Waals surface area contributed by atoms with Crippen molar-refractivity contribution in [3.8, 4) is 11.1 Å². The lowest BCUT2D eigenvalue weighted by molar-refractivity contribution is -0.140. The van der Waals surface area contributed by atoms with Crippen LogP contribution in [0.1, 0.15) is 27.3 Å². The van der Waals surface area contributed by atoms with Crippen molar-refractivity contribution in [2.75, 3.05) is 7.05 Å². The van der Waals surface area contributed by atoms with Crippen LogP contribution in [0.3, 0.4) is 0 Å². The van der Waals surface area contributed by atoms with E-state index >= 15 is 0 Å². The van der Waals surface area contributed by atoms with Gasteiger partial charge in [0.2, 0.25) is 0 Å². The molecule has 3 aromatic rings. The molecule has 3 rings (SSSR count). The van der Waals surface area contributed by atoms with Crippen LogP contribution in [-0.2, 0) is 19.8 Å². The van der Waals surface area contributed by atoms with Gasteiger partial charge in [-0.25, -0.2) is 0 Å². The van der Waals surface area contributed by atoms with Crippen molar-refractivity contribution in [1.29, 1.82) is 0 Å². The molecular formula is C20H19F3N4O. The van der Waals surface area contributed by atoms with Gasteiger partial charge in [-0.1, -0.05) is 18.2 Å². The third-order valence-corrected chi connectivity index (χ3v) is 4.49. The first-order valence-corrected chi connectivity index (χ1v) is 8.54. The molecule has 0 saturated heterocycles. The van der Waals surface area contributed by atoms with Crippen LogP contribution >= 0.6 is 0 Å². The van der Waals surface area contributed by atoms with Crippen LogP contribution in [0.25, 0.3) is 11.1 Å². The lowest BCUT2D eigenvalue weighted by atomic mass is 10.00. The van der Waals surface area contributed by atoms with Crippen LogP contribution < -0.4 is 0 Å². The van der Waals surface area contributed by atoms with E-state index in [1.807, 2.05) is 6.07 Å². The standard InChI is InChI=1S/C20H19F3N4O/c1-13-17(18(20(21,22)23)25-27(13)3)15-7-4-8-16(10-15)19(28)26(2)12-14-6-5-9-24-11-14/h4-11H,12H2,1-3H3. The molecule has 0 atom stereocenters. The molecule has 1 aromatic carbocycles. The maximum atomic E-state index is 13.4. The molecule has 2 aromatic heterocycles. The molecule has 0 bridgehead atoms. The van der Waals surface area contributed by atoms with Crippen molar-refractivity contribution >= 4 is 5.91 Å². The number of rotatable bonds is 4. The van der Waals surface area contributed by atoms with E-state index in [9.17, 15) is 18.0 Å². The Hall–Kier alpha value is -3.16. The van der Waals surface area contributed by atoms with Crippen LogP contribution in [0.15, 0.2) is 48.8 Å². The minimum Gasteiger partial charge on any atom is -0.337 e. The van der Waals surface area contributed by atoms with Gasteiger partial charge in [-0.3, -0.25) is 14.5 Å². The van der Waals surface area contributed by atoms with Crippen molar-refractivity contribution in [2.45, 2.75) is 19.6 Å². The summed E-state index contributed by atoms with van der Waals surface area (Å²) in [6.07, 6.45) is -1.28. The second-order valence-electron chi connectivity index (χ2n) is 6.53. The van der Waals surface area contributed by atoms with Gasteiger partial charge in [0.1, 0.15) is 0 Å². The first-order chi connectivity index (χ1) is 13.2. The molecule has 5 nitrogen and oxygen atoms in total. The number of pyridine rings is 1. The van der Waals surface area contributed by atoms with Crippen molar-refractivity contribution in [2.24, 2.45) is 7.05 Å². The zero-order valence-corrected chi connectivity index (χ0v) is 15.7. The molecule has 0 N–H and O–H groups in total. The van der Waals surface area contributed by atoms with E-state index in [0.717, 1.165) is 5.56 Å². The lowest BCUT2D eigenvalue weighted by Gasteiger charge is -2.18. The predicted octanol–water partition coefficient (Wildman–Crippen LogP) is 4.08. The highest BCUT2D eigenvalue weighted by Crippen LogP contribution is 2.38. The maximum absolute atomic E-state index is 13.4. The molecule has 0 aliphatic carbocycles. The second-order valence-corrected chi connectivity index (χ2v) is 6.53. The summed E-state index contributed by atoms with van der Waals surface area (Å²) in [7, 11) is 3.10. The molecule has 0 aliphatic heterocycles. The van der Waals surface area contributed by atoms with Gasteiger partial charge in [0.15, 0.2) is 5.69 Å². The molecule has 146 valence electrons. The molecule has 0 saturated carbocycles. The molecule has 0 aliphatic rings. The Morgan fingerprint density at radius 3 is 2.61 bits per heavy atom. The Morgan fingerprint density at radius 2 is 1.96 bits per heavy atom. The van der Waals surface area contributed by atoms with Gasteiger partial charge >= 0.3 is 6.18 Å². The zero-order chi connectivity index (χ0) is 20.5. The third-order valence-electron chi connectivity index (χ3n) is 4.49. The lowest BCUT2D eigenvalue weighted by Crippen LogP contribution is -2.26. The molecule has 8 heteroatoms. The number of hydrogen-bond acceptors (Lipinski definition) is 3. The maximum Gasteiger partial charge on any atom is 0.435 e. The summed E-state index contributed by atoms with van der Waals surface area (Å²) >= 11 is 0. The molecule has 1 amide bonds. The smallest absolute Gasteiger partial charge is 0.337 e. The van der Waals surface area contributed by atoms with Crippen LogP contribution in [-0.4, -0.2) is 32.6 Å². The minimum absolute atomic E-state index is 0.0143. The van der Waals surface area contributed by atoms with Crippen molar-refractivity contribution in [1.82, 2.24) is 19.7 Å².